The van der Waals surface area contributed by atoms with Crippen molar-refractivity contribution < 1.29 is 51.4 Å². The second-order valence-corrected chi connectivity index (χ2v) is 38.8. The van der Waals surface area contributed by atoms with E-state index in [1.165, 1.54) is 0 Å². The molecule has 0 nitrogen and oxygen atoms in total. The van der Waals surface area contributed by atoms with E-state index < -0.39 is 13.1 Å². The van der Waals surface area contributed by atoms with Crippen LogP contribution in [0.5, 0.6) is 0 Å². The molecular formula is Br3KSn. The van der Waals surface area contributed by atoms with Gasteiger partial charge in [0.2, 0.25) is 0 Å². The van der Waals surface area contributed by atoms with Crippen LogP contribution in [0.15, 0.2) is 0 Å². The normalized spacial score (nSPS) is 7.20. The Hall–Kier alpha value is 3.88. The first-order valence-corrected chi connectivity index (χ1v) is 19.8. The van der Waals surface area contributed by atoms with Gasteiger partial charge in [-0.25, -0.2) is 0 Å². The van der Waals surface area contributed by atoms with Crippen LogP contribution in [0.3, 0.4) is 0 Å². The number of hydrogen-bond acceptors (Lipinski definition) is 0. The van der Waals surface area contributed by atoms with Crippen molar-refractivity contribution in [2.45, 2.75) is 0 Å². The third kappa shape index (κ3) is 18.1. The molecule has 0 radical (unpaired) electrons. The molecule has 0 bridgehead atoms. The maximum atomic E-state index is 3.30. The average Bonchev–Trinajstić information content (AvgIpc) is 0.811. The van der Waals surface area contributed by atoms with Crippen LogP contribution in [-0.2, 0) is 0 Å². The zero-order chi connectivity index (χ0) is 3.58. The Kier molecular flexibility index (Phi) is 18.3. The van der Waals surface area contributed by atoms with Crippen molar-refractivity contribution in [1.82, 2.24) is 0 Å². The first-order valence-electron chi connectivity index (χ1n) is 0.567. The molecule has 0 aliphatic heterocycles. The topological polar surface area (TPSA) is 0 Å². The van der Waals surface area contributed by atoms with Crippen LogP contribution in [0.2, 0.25) is 0 Å². The fraction of sp³-hybridized carbons (Fsp3) is 0. The minimum absolute atomic E-state index is 0. The predicted octanol–water partition coefficient (Wildman–Crippen LogP) is -0.840. The summed E-state index contributed by atoms with van der Waals surface area (Å²) < 4.78 is 0. The molecule has 0 aromatic carbocycles. The monoisotopic (exact) mass is 396 g/mol. The molecule has 0 aromatic rings. The third-order valence-electron chi connectivity index (χ3n) is 0. The summed E-state index contributed by atoms with van der Waals surface area (Å²) in [5, 5.41) is 0. The second-order valence-electron chi connectivity index (χ2n) is 0.214. The minimum atomic E-state index is -1.11. The van der Waals surface area contributed by atoms with E-state index in [0.29, 0.717) is 0 Å². The molecule has 5 heteroatoms. The van der Waals surface area contributed by atoms with Crippen molar-refractivity contribution in [2.75, 3.05) is 0 Å². The largest absolute Gasteiger partial charge is 1.00 e. The molecule has 0 spiro atoms. The van der Waals surface area contributed by atoms with Crippen LogP contribution in [-0.4, -0.2) is 13.1 Å². The predicted molar refractivity (Wildman–Crippen MR) is 32.5 cm³/mol. The van der Waals surface area contributed by atoms with Gasteiger partial charge in [0.1, 0.15) is 0 Å². The summed E-state index contributed by atoms with van der Waals surface area (Å²) in [5.74, 6) is 0. The van der Waals surface area contributed by atoms with Crippen LogP contribution in [0.4, 0.5) is 0 Å². The van der Waals surface area contributed by atoms with Crippen molar-refractivity contribution in [3.05, 3.63) is 0 Å². The molecule has 0 unspecified atom stereocenters. The minimum Gasteiger partial charge on any atom is 1.00 e. The summed E-state index contributed by atoms with van der Waals surface area (Å²) in [6.45, 7) is 0. The van der Waals surface area contributed by atoms with Gasteiger partial charge >= 0.3 is 103 Å². The Balaban J connectivity index is 0. The van der Waals surface area contributed by atoms with Crippen LogP contribution in [0.25, 0.3) is 0 Å². The first-order chi connectivity index (χ1) is 1.73. The summed E-state index contributed by atoms with van der Waals surface area (Å²) in [5.41, 5.74) is 0. The molecule has 26 valence electrons. The van der Waals surface area contributed by atoms with Gasteiger partial charge in [-0.2, -0.15) is 0 Å². The van der Waals surface area contributed by atoms with Crippen molar-refractivity contribution in [3.63, 3.8) is 0 Å². The molecule has 0 aromatic heterocycles. The van der Waals surface area contributed by atoms with E-state index in [9.17, 15) is 0 Å². The van der Waals surface area contributed by atoms with E-state index in [-0.39, 0.29) is 51.4 Å². The molecule has 0 atom stereocenters. The van der Waals surface area contributed by atoms with E-state index >= 15 is 0 Å². The van der Waals surface area contributed by atoms with Gasteiger partial charge < -0.3 is 0 Å². The standard InChI is InChI=1S/3BrH.K.Sn/h3*1H;;/q;;;+1;+2/p-3. The maximum absolute atomic E-state index is 3.30. The number of halogens is 3. The van der Waals surface area contributed by atoms with Gasteiger partial charge in [-0.3, -0.25) is 0 Å². The zero-order valence-electron chi connectivity index (χ0n) is 2.63. The van der Waals surface area contributed by atoms with Gasteiger partial charge in [-0.15, -0.1) is 0 Å². The average molecular weight is 398 g/mol. The quantitative estimate of drug-likeness (QED) is 0.468. The van der Waals surface area contributed by atoms with Gasteiger partial charge in [0.15, 0.2) is 0 Å². The summed E-state index contributed by atoms with van der Waals surface area (Å²) in [7, 11) is 0. The van der Waals surface area contributed by atoms with Crippen molar-refractivity contribution in [1.29, 1.82) is 0 Å². The fourth-order valence-electron chi connectivity index (χ4n) is 0. The van der Waals surface area contributed by atoms with Gasteiger partial charge in [0.25, 0.3) is 0 Å². The first kappa shape index (κ1) is 11.6. The zero-order valence-corrected chi connectivity index (χ0v) is 13.4. The van der Waals surface area contributed by atoms with Gasteiger partial charge in [0, 0.05) is 0 Å². The Morgan fingerprint density at radius 1 is 1.00 bits per heavy atom. The summed E-state index contributed by atoms with van der Waals surface area (Å²) in [6.07, 6.45) is 0. The summed E-state index contributed by atoms with van der Waals surface area (Å²) >= 11 is 8.80. The smallest absolute Gasteiger partial charge is 1.00 e. The summed E-state index contributed by atoms with van der Waals surface area (Å²) in [4.78, 5) is 0. The Morgan fingerprint density at radius 2 is 1.00 bits per heavy atom. The molecule has 0 rings (SSSR count). The van der Waals surface area contributed by atoms with Gasteiger partial charge in [-0.05, 0) is 0 Å². The van der Waals surface area contributed by atoms with Crippen LogP contribution in [0, 0.1) is 0 Å². The molecule has 0 saturated heterocycles. The van der Waals surface area contributed by atoms with Gasteiger partial charge in [0.05, 0.1) is 0 Å². The van der Waals surface area contributed by atoms with Crippen molar-refractivity contribution >= 4 is 51.2 Å². The molecule has 0 heterocycles. The summed E-state index contributed by atoms with van der Waals surface area (Å²) in [6, 6.07) is 0. The van der Waals surface area contributed by atoms with Gasteiger partial charge in [-0.1, -0.05) is 0 Å². The second kappa shape index (κ2) is 7.88. The molecule has 0 N–H and O–H groups in total. The molecule has 0 aliphatic carbocycles. The SMILES string of the molecule is [Br][Sn-]([Br])[Br].[K+]. The Labute approximate surface area is 99.3 Å². The van der Waals surface area contributed by atoms with E-state index in [1.807, 2.05) is 0 Å². The number of rotatable bonds is 0. The molecule has 0 saturated carbocycles. The van der Waals surface area contributed by atoms with Crippen LogP contribution in [0.1, 0.15) is 0 Å². The number of hydrogen-bond donors (Lipinski definition) is 0. The molecule has 0 amide bonds. The molecule has 0 aliphatic rings. The van der Waals surface area contributed by atoms with E-state index in [4.69, 9.17) is 0 Å². The van der Waals surface area contributed by atoms with Crippen molar-refractivity contribution in [3.8, 4) is 0 Å². The Bertz CT molecular complexity index is 11.6. The van der Waals surface area contributed by atoms with E-state index in [0.717, 1.165) is 0 Å². The third-order valence-corrected chi connectivity index (χ3v) is 0. The van der Waals surface area contributed by atoms with E-state index in [1.54, 1.807) is 0 Å². The Morgan fingerprint density at radius 3 is 1.00 bits per heavy atom. The fourth-order valence-corrected chi connectivity index (χ4v) is 0. The maximum Gasteiger partial charge on any atom is 1.00 e. The van der Waals surface area contributed by atoms with Crippen LogP contribution >= 0.6 is 38.1 Å². The molecule has 5 heavy (non-hydrogen) atoms. The van der Waals surface area contributed by atoms with Crippen LogP contribution < -0.4 is 51.4 Å². The molecular weight excluding hydrogens is 398 g/mol. The van der Waals surface area contributed by atoms with E-state index in [2.05, 4.69) is 38.1 Å². The van der Waals surface area contributed by atoms with Crippen molar-refractivity contribution in [2.24, 2.45) is 0 Å². The molecule has 0 fully saturated rings.